The minimum atomic E-state index is 0.513. The summed E-state index contributed by atoms with van der Waals surface area (Å²) < 4.78 is 5.83. The van der Waals surface area contributed by atoms with Crippen molar-refractivity contribution in [2.45, 2.75) is 25.9 Å². The Morgan fingerprint density at radius 3 is 2.69 bits per heavy atom. The molecule has 0 aromatic carbocycles. The van der Waals surface area contributed by atoms with Crippen LogP contribution in [0.15, 0.2) is 12.2 Å². The fourth-order valence-electron chi connectivity index (χ4n) is 2.38. The molecule has 3 aliphatic rings. The van der Waals surface area contributed by atoms with Gasteiger partial charge in [0.1, 0.15) is 0 Å². The van der Waals surface area contributed by atoms with Gasteiger partial charge in [0.15, 0.2) is 0 Å². The third-order valence-electron chi connectivity index (χ3n) is 3.24. The van der Waals surface area contributed by atoms with Crippen molar-refractivity contribution in [2.75, 3.05) is 26.2 Å². The van der Waals surface area contributed by atoms with E-state index >= 15 is 0 Å². The number of nitrogens with zero attached hydrogens (tertiary/aromatic N) is 1. The van der Waals surface area contributed by atoms with E-state index in [4.69, 9.17) is 4.74 Å². The van der Waals surface area contributed by atoms with Crippen LogP contribution in [0.25, 0.3) is 0 Å². The van der Waals surface area contributed by atoms with Gasteiger partial charge in [-0.15, -0.1) is 0 Å². The molecule has 0 aliphatic carbocycles. The fourth-order valence-corrected chi connectivity index (χ4v) is 2.38. The Hall–Kier alpha value is -0.340. The summed E-state index contributed by atoms with van der Waals surface area (Å²) in [6.45, 7) is 6.61. The lowest BCUT2D eigenvalue weighted by Gasteiger charge is -2.44. The SMILES string of the molecule is CC=CCO[C@H]1CN2CCC1CC2. The largest absolute Gasteiger partial charge is 0.373 e. The number of ether oxygens (including phenoxy) is 1. The van der Waals surface area contributed by atoms with Gasteiger partial charge in [-0.05, 0) is 38.8 Å². The van der Waals surface area contributed by atoms with Gasteiger partial charge in [0, 0.05) is 6.54 Å². The zero-order valence-electron chi connectivity index (χ0n) is 8.41. The highest BCUT2D eigenvalue weighted by molar-refractivity contribution is 4.88. The first-order chi connectivity index (χ1) is 6.40. The molecule has 2 nitrogen and oxygen atoms in total. The van der Waals surface area contributed by atoms with Crippen molar-refractivity contribution >= 4 is 0 Å². The van der Waals surface area contributed by atoms with Gasteiger partial charge in [-0.3, -0.25) is 0 Å². The van der Waals surface area contributed by atoms with E-state index in [-0.39, 0.29) is 0 Å². The molecule has 3 aliphatic heterocycles. The van der Waals surface area contributed by atoms with E-state index in [0.29, 0.717) is 6.10 Å². The average Bonchev–Trinajstić information content (AvgIpc) is 2.20. The predicted octanol–water partition coefficient (Wildman–Crippen LogP) is 1.67. The molecule has 0 unspecified atom stereocenters. The Bertz CT molecular complexity index is 183. The second-order valence-electron chi connectivity index (χ2n) is 4.08. The summed E-state index contributed by atoms with van der Waals surface area (Å²) in [5.74, 6) is 0.843. The normalized spacial score (nSPS) is 38.7. The van der Waals surface area contributed by atoms with E-state index < -0.39 is 0 Å². The molecule has 2 heteroatoms. The highest BCUT2D eigenvalue weighted by atomic mass is 16.5. The zero-order chi connectivity index (χ0) is 9.10. The van der Waals surface area contributed by atoms with Crippen LogP contribution in [-0.4, -0.2) is 37.2 Å². The van der Waals surface area contributed by atoms with Crippen molar-refractivity contribution in [3.8, 4) is 0 Å². The monoisotopic (exact) mass is 181 g/mol. The number of piperidine rings is 3. The molecule has 3 heterocycles. The Kier molecular flexibility index (Phi) is 3.01. The molecule has 3 fully saturated rings. The predicted molar refractivity (Wildman–Crippen MR) is 53.7 cm³/mol. The molecule has 3 rings (SSSR count). The first-order valence-electron chi connectivity index (χ1n) is 5.35. The van der Waals surface area contributed by atoms with Crippen molar-refractivity contribution < 1.29 is 4.74 Å². The smallest absolute Gasteiger partial charge is 0.0735 e. The lowest BCUT2D eigenvalue weighted by molar-refractivity contribution is -0.0603. The fraction of sp³-hybridized carbons (Fsp3) is 0.818. The summed E-state index contributed by atoms with van der Waals surface area (Å²) in [6, 6.07) is 0. The van der Waals surface area contributed by atoms with Gasteiger partial charge in [0.05, 0.1) is 12.7 Å². The molecular formula is C11H19NO. The molecule has 0 N–H and O–H groups in total. The Labute approximate surface area is 80.6 Å². The van der Waals surface area contributed by atoms with Crippen LogP contribution in [0, 0.1) is 5.92 Å². The van der Waals surface area contributed by atoms with Crippen molar-refractivity contribution in [2.24, 2.45) is 5.92 Å². The molecule has 0 spiro atoms. The minimum absolute atomic E-state index is 0.513. The Morgan fingerprint density at radius 1 is 1.38 bits per heavy atom. The molecule has 0 saturated carbocycles. The van der Waals surface area contributed by atoms with E-state index in [0.717, 1.165) is 12.5 Å². The van der Waals surface area contributed by atoms with Gasteiger partial charge in [0.25, 0.3) is 0 Å². The van der Waals surface area contributed by atoms with Crippen molar-refractivity contribution in [1.29, 1.82) is 0 Å². The van der Waals surface area contributed by atoms with Crippen LogP contribution in [0.5, 0.6) is 0 Å². The van der Waals surface area contributed by atoms with Crippen LogP contribution in [0.4, 0.5) is 0 Å². The molecule has 74 valence electrons. The molecule has 0 aromatic heterocycles. The highest BCUT2D eigenvalue weighted by Gasteiger charge is 2.34. The molecule has 0 aromatic rings. The van der Waals surface area contributed by atoms with E-state index in [1.54, 1.807) is 0 Å². The summed E-state index contributed by atoms with van der Waals surface area (Å²) in [7, 11) is 0. The molecule has 1 atom stereocenters. The molecular weight excluding hydrogens is 162 g/mol. The van der Waals surface area contributed by atoms with Gasteiger partial charge in [-0.25, -0.2) is 0 Å². The third kappa shape index (κ3) is 2.12. The summed E-state index contributed by atoms with van der Waals surface area (Å²) in [4.78, 5) is 2.53. The van der Waals surface area contributed by atoms with Crippen LogP contribution in [0.1, 0.15) is 19.8 Å². The first-order valence-corrected chi connectivity index (χ1v) is 5.35. The van der Waals surface area contributed by atoms with Crippen molar-refractivity contribution in [3.63, 3.8) is 0 Å². The Morgan fingerprint density at radius 2 is 2.15 bits per heavy atom. The van der Waals surface area contributed by atoms with Gasteiger partial charge in [-0.2, -0.15) is 0 Å². The number of hydrogen-bond donors (Lipinski definition) is 0. The molecule has 3 saturated heterocycles. The average molecular weight is 181 g/mol. The van der Waals surface area contributed by atoms with E-state index in [2.05, 4.69) is 17.1 Å². The molecule has 0 radical (unpaired) electrons. The maximum atomic E-state index is 5.83. The molecule has 13 heavy (non-hydrogen) atoms. The van der Waals surface area contributed by atoms with Gasteiger partial charge in [-0.1, -0.05) is 12.2 Å². The lowest BCUT2D eigenvalue weighted by atomic mass is 9.86. The van der Waals surface area contributed by atoms with Crippen molar-refractivity contribution in [1.82, 2.24) is 4.90 Å². The summed E-state index contributed by atoms with van der Waals surface area (Å²) >= 11 is 0. The van der Waals surface area contributed by atoms with Gasteiger partial charge >= 0.3 is 0 Å². The summed E-state index contributed by atoms with van der Waals surface area (Å²) in [5, 5.41) is 0. The van der Waals surface area contributed by atoms with Gasteiger partial charge in [0.2, 0.25) is 0 Å². The van der Waals surface area contributed by atoms with E-state index in [9.17, 15) is 0 Å². The first kappa shape index (κ1) is 9.22. The summed E-state index contributed by atoms with van der Waals surface area (Å²) in [6.07, 6.45) is 7.36. The maximum absolute atomic E-state index is 5.83. The van der Waals surface area contributed by atoms with E-state index in [1.807, 2.05) is 6.92 Å². The standard InChI is InChI=1S/C11H19NO/c1-2-3-8-13-11-9-12-6-4-10(11)5-7-12/h2-3,10-11H,4-9H2,1H3/t11-/m0/s1. The number of allylic oxidation sites excluding steroid dienone is 1. The topological polar surface area (TPSA) is 12.5 Å². The van der Waals surface area contributed by atoms with Crippen LogP contribution in [0.3, 0.4) is 0 Å². The minimum Gasteiger partial charge on any atom is -0.373 e. The second kappa shape index (κ2) is 4.25. The molecule has 0 amide bonds. The number of rotatable bonds is 3. The van der Waals surface area contributed by atoms with Crippen LogP contribution >= 0.6 is 0 Å². The van der Waals surface area contributed by atoms with Crippen LogP contribution in [-0.2, 0) is 4.74 Å². The van der Waals surface area contributed by atoms with Crippen molar-refractivity contribution in [3.05, 3.63) is 12.2 Å². The molecule has 2 bridgehead atoms. The quantitative estimate of drug-likeness (QED) is 0.614. The lowest BCUT2D eigenvalue weighted by Crippen LogP contribution is -2.51. The van der Waals surface area contributed by atoms with Gasteiger partial charge < -0.3 is 9.64 Å². The van der Waals surface area contributed by atoms with Crippen LogP contribution < -0.4 is 0 Å². The highest BCUT2D eigenvalue weighted by Crippen LogP contribution is 2.29. The number of fused-ring (bicyclic) bond motifs is 3. The zero-order valence-corrected chi connectivity index (χ0v) is 8.41. The van der Waals surface area contributed by atoms with Crippen LogP contribution in [0.2, 0.25) is 0 Å². The number of hydrogen-bond acceptors (Lipinski definition) is 2. The third-order valence-corrected chi connectivity index (χ3v) is 3.24. The second-order valence-corrected chi connectivity index (χ2v) is 4.08. The summed E-state index contributed by atoms with van der Waals surface area (Å²) in [5.41, 5.74) is 0. The van der Waals surface area contributed by atoms with E-state index in [1.165, 1.54) is 32.5 Å². The Balaban J connectivity index is 1.80. The maximum Gasteiger partial charge on any atom is 0.0735 e.